The van der Waals surface area contributed by atoms with Crippen LogP contribution >= 0.6 is 0 Å². The molecule has 0 bridgehead atoms. The van der Waals surface area contributed by atoms with Gasteiger partial charge >= 0.3 is 154 Å². The van der Waals surface area contributed by atoms with Gasteiger partial charge in [-0.05, 0) is 54.4 Å². The van der Waals surface area contributed by atoms with Gasteiger partial charge in [0.1, 0.15) is 0 Å². The maximum Gasteiger partial charge on any atom is 0 e. The molecule has 0 N–H and O–H groups in total. The summed E-state index contributed by atoms with van der Waals surface area (Å²) in [7, 11) is 0. The third-order valence-corrected chi connectivity index (χ3v) is 14.8. The summed E-state index contributed by atoms with van der Waals surface area (Å²) in [6.07, 6.45) is 0.565. The average molecular weight is 1030 g/mol. The van der Waals surface area contributed by atoms with Gasteiger partial charge in [0, 0.05) is 36.9 Å². The van der Waals surface area contributed by atoms with Crippen LogP contribution in [-0.2, 0) is 31.9 Å². The Kier molecular flexibility index (Phi) is 11.7. The van der Waals surface area contributed by atoms with Crippen molar-refractivity contribution in [2.45, 2.75) is 70.6 Å². The van der Waals surface area contributed by atoms with E-state index in [4.69, 9.17) is 17.1 Å². The molecule has 0 aliphatic carbocycles. The predicted molar refractivity (Wildman–Crippen MR) is 249 cm³/mol. The van der Waals surface area contributed by atoms with Crippen molar-refractivity contribution in [1.29, 1.82) is 0 Å². The number of imidazole rings is 1. The maximum absolute atomic E-state index is 8.70. The van der Waals surface area contributed by atoms with E-state index in [0.717, 1.165) is 76.9 Å². The van der Waals surface area contributed by atoms with Crippen LogP contribution in [0.1, 0.15) is 54.2 Å². The van der Waals surface area contributed by atoms with Crippen LogP contribution in [0.25, 0.3) is 72.6 Å². The molecule has 0 unspecified atom stereocenters. The van der Waals surface area contributed by atoms with Crippen molar-refractivity contribution in [3.05, 3.63) is 163 Å². The number of para-hydroxylation sites is 2. The van der Waals surface area contributed by atoms with E-state index >= 15 is 0 Å². The number of aryl methyl sites for hydroxylation is 1. The van der Waals surface area contributed by atoms with Crippen molar-refractivity contribution >= 4 is 50.8 Å². The maximum atomic E-state index is 8.70. The number of pyridine rings is 2. The standard InChI is InChI=1S/C31H20N3O.C22H32GeN.Ir/c1-20-17-18-25-24-13-8-14-26(29(24)35-31(25)32-20)30-33-27-15-5-6-16-28(27)34(30)23-12-7-11-22(19-23)21-9-3-2-4-10-21;1-16(2)12-18-14-21(24-15-20(18)23(6,7)8)17-10-9-11-19(13-17)22(3,4)5;/h2-13,15-19H,1H3;9,11,13-16H,12H2,1-8H3;/q2*-1;/i;12D2;. The zero-order chi connectivity index (χ0) is 43.3. The third-order valence-electron chi connectivity index (χ3n) is 10.5. The SMILES string of the molecule is Cc1ccc2c(n1)oc1c(-c3nc4ccccc4n3-c3cccc(-c4ccccc4)c3)[c-]ccc12.[2H]C([2H])(c1cc(-c2[c-]ccc(C(C)(C)C)c2)nc[c]1[Ge]([CH3])([CH3])[CH3])C(C)C.[Ir]. The van der Waals surface area contributed by atoms with Crippen LogP contribution in [-0.4, -0.2) is 32.8 Å². The van der Waals surface area contributed by atoms with Crippen LogP contribution in [0.5, 0.6) is 0 Å². The number of aromatic nitrogens is 4. The molecule has 5 aromatic carbocycles. The van der Waals surface area contributed by atoms with Crippen LogP contribution in [0.2, 0.25) is 17.3 Å². The largest absolute Gasteiger partial charge is 0 e. The molecule has 4 aromatic heterocycles. The molecule has 0 amide bonds. The summed E-state index contributed by atoms with van der Waals surface area (Å²) in [4.78, 5) is 14.4. The molecule has 5 nitrogen and oxygen atoms in total. The molecule has 0 spiro atoms. The zero-order valence-electron chi connectivity index (χ0n) is 37.8. The molecule has 0 aliphatic rings. The predicted octanol–water partition coefficient (Wildman–Crippen LogP) is 13.3. The van der Waals surface area contributed by atoms with Crippen molar-refractivity contribution in [2.75, 3.05) is 0 Å². The van der Waals surface area contributed by atoms with E-state index in [1.54, 1.807) is 0 Å². The van der Waals surface area contributed by atoms with Gasteiger partial charge in [0.2, 0.25) is 5.71 Å². The topological polar surface area (TPSA) is 56.7 Å². The number of nitrogens with zero attached hydrogens (tertiary/aromatic N) is 4. The van der Waals surface area contributed by atoms with Crippen molar-refractivity contribution < 1.29 is 27.3 Å². The fraction of sp³-hybridized carbons (Fsp3) is 0.226. The van der Waals surface area contributed by atoms with E-state index in [2.05, 4.69) is 133 Å². The number of hydrogen-bond donors (Lipinski definition) is 0. The fourth-order valence-corrected chi connectivity index (χ4v) is 10.4. The van der Waals surface area contributed by atoms with Crippen LogP contribution < -0.4 is 4.40 Å². The second-order valence-electron chi connectivity index (χ2n) is 17.6. The van der Waals surface area contributed by atoms with Crippen molar-refractivity contribution in [3.8, 4) is 39.5 Å². The summed E-state index contributed by atoms with van der Waals surface area (Å²) in [5.74, 6) is 7.58. The van der Waals surface area contributed by atoms with E-state index in [1.807, 2.05) is 81.6 Å². The molecule has 0 fully saturated rings. The van der Waals surface area contributed by atoms with E-state index in [1.165, 1.54) is 11.1 Å². The molecular weight excluding hydrogens is 973 g/mol. The molecule has 60 heavy (non-hydrogen) atoms. The first kappa shape index (κ1) is 40.3. The minimum Gasteiger partial charge on any atom is 0 e. The van der Waals surface area contributed by atoms with Gasteiger partial charge in [-0.3, -0.25) is 4.98 Å². The Hall–Kier alpha value is -5.14. The molecular formula is C53H52GeIrN4O-2. The minimum atomic E-state index is -2.25. The summed E-state index contributed by atoms with van der Waals surface area (Å²) < 4.78 is 27.1. The molecule has 4 heterocycles. The first-order valence-electron chi connectivity index (χ1n) is 21.4. The Morgan fingerprint density at radius 1 is 0.783 bits per heavy atom. The van der Waals surface area contributed by atoms with Gasteiger partial charge < -0.3 is 8.98 Å². The van der Waals surface area contributed by atoms with Crippen LogP contribution in [0.15, 0.2) is 138 Å². The van der Waals surface area contributed by atoms with Gasteiger partial charge in [0.05, 0.1) is 22.4 Å². The van der Waals surface area contributed by atoms with Gasteiger partial charge in [0.25, 0.3) is 0 Å². The minimum absolute atomic E-state index is 0. The van der Waals surface area contributed by atoms with Crippen LogP contribution in [0.4, 0.5) is 0 Å². The Morgan fingerprint density at radius 2 is 1.52 bits per heavy atom. The van der Waals surface area contributed by atoms with E-state index in [-0.39, 0.29) is 31.4 Å². The van der Waals surface area contributed by atoms with Crippen LogP contribution in [0, 0.1) is 25.0 Å². The summed E-state index contributed by atoms with van der Waals surface area (Å²) in [5.41, 5.74) is 12.3. The quantitative estimate of drug-likeness (QED) is 0.118. The smallest absolute Gasteiger partial charge is 0 e. The molecule has 7 heteroatoms. The van der Waals surface area contributed by atoms with E-state index < -0.39 is 19.6 Å². The van der Waals surface area contributed by atoms with Gasteiger partial charge in [-0.15, -0.1) is 18.2 Å². The van der Waals surface area contributed by atoms with Gasteiger partial charge in [0.15, 0.2) is 0 Å². The average Bonchev–Trinajstić information content (AvgIpc) is 3.82. The second kappa shape index (κ2) is 17.5. The Balaban J connectivity index is 0.000000193. The Bertz CT molecular complexity index is 3030. The molecule has 9 aromatic rings. The summed E-state index contributed by atoms with van der Waals surface area (Å²) in [6, 6.07) is 50.1. The molecule has 1 radical (unpaired) electrons. The second-order valence-corrected chi connectivity index (χ2v) is 28.2. The van der Waals surface area contributed by atoms with Gasteiger partial charge in [-0.1, -0.05) is 65.5 Å². The summed E-state index contributed by atoms with van der Waals surface area (Å²) >= 11 is -2.25. The summed E-state index contributed by atoms with van der Waals surface area (Å²) in [6.45, 7) is 12.5. The van der Waals surface area contributed by atoms with Crippen molar-refractivity contribution in [2.24, 2.45) is 5.92 Å². The number of furan rings is 1. The number of hydrogen-bond acceptors (Lipinski definition) is 4. The Morgan fingerprint density at radius 3 is 2.27 bits per heavy atom. The zero-order valence-corrected chi connectivity index (χ0v) is 40.3. The van der Waals surface area contributed by atoms with Crippen molar-refractivity contribution in [1.82, 2.24) is 19.5 Å². The molecule has 0 atom stereocenters. The molecule has 0 saturated heterocycles. The van der Waals surface area contributed by atoms with Crippen LogP contribution in [0.3, 0.4) is 0 Å². The number of rotatable bonds is 7. The first-order chi connectivity index (χ1) is 29.0. The summed E-state index contributed by atoms with van der Waals surface area (Å²) in [5, 5.41) is 2.01. The first-order valence-corrected chi connectivity index (χ1v) is 27.7. The van der Waals surface area contributed by atoms with Crippen molar-refractivity contribution in [3.63, 3.8) is 0 Å². The Labute approximate surface area is 373 Å². The fourth-order valence-electron chi connectivity index (χ4n) is 7.50. The normalized spacial score (nSPS) is 12.6. The van der Waals surface area contributed by atoms with E-state index in [9.17, 15) is 0 Å². The molecule has 9 rings (SSSR count). The van der Waals surface area contributed by atoms with E-state index in [0.29, 0.717) is 5.71 Å². The number of fused-ring (bicyclic) bond motifs is 4. The molecule has 0 aliphatic heterocycles. The third kappa shape index (κ3) is 8.98. The van der Waals surface area contributed by atoms with Gasteiger partial charge in [-0.25, -0.2) is 4.98 Å². The molecule has 305 valence electrons. The van der Waals surface area contributed by atoms with Gasteiger partial charge in [-0.2, -0.15) is 0 Å². The molecule has 0 saturated carbocycles. The number of benzene rings is 5. The monoisotopic (exact) mass is 1030 g/mol.